The van der Waals surface area contributed by atoms with E-state index in [9.17, 15) is 5.11 Å². The van der Waals surface area contributed by atoms with Crippen LogP contribution in [0.5, 0.6) is 0 Å². The molecule has 0 bridgehead atoms. The van der Waals surface area contributed by atoms with E-state index in [2.05, 4.69) is 5.32 Å². The smallest absolute Gasteiger partial charge is 0.0555 e. The van der Waals surface area contributed by atoms with Crippen molar-refractivity contribution in [2.24, 2.45) is 11.8 Å². The highest BCUT2D eigenvalue weighted by Gasteiger charge is 2.48. The zero-order valence-electron chi connectivity index (χ0n) is 8.78. The van der Waals surface area contributed by atoms with E-state index in [1.807, 2.05) is 0 Å². The maximum Gasteiger partial charge on any atom is 0.0555 e. The number of hydrogen-bond donors (Lipinski definition) is 2. The van der Waals surface area contributed by atoms with E-state index in [-0.39, 0.29) is 6.10 Å². The summed E-state index contributed by atoms with van der Waals surface area (Å²) in [4.78, 5) is 0. The number of fused-ring (bicyclic) bond motifs is 1. The third kappa shape index (κ3) is 1.70. The van der Waals surface area contributed by atoms with Crippen LogP contribution in [0.15, 0.2) is 0 Å². The van der Waals surface area contributed by atoms with Crippen LogP contribution in [0.3, 0.4) is 0 Å². The lowest BCUT2D eigenvalue weighted by Crippen LogP contribution is -2.42. The van der Waals surface area contributed by atoms with Gasteiger partial charge < -0.3 is 10.4 Å². The van der Waals surface area contributed by atoms with Crippen LogP contribution in [0.4, 0.5) is 0 Å². The summed E-state index contributed by atoms with van der Waals surface area (Å²) in [6.07, 6.45) is 8.80. The van der Waals surface area contributed by atoms with Crippen LogP contribution in [-0.4, -0.2) is 23.3 Å². The first-order chi connectivity index (χ1) is 6.83. The number of aliphatic hydroxyl groups excluding tert-OH is 1. The van der Waals surface area contributed by atoms with Gasteiger partial charge in [0.05, 0.1) is 6.10 Å². The van der Waals surface area contributed by atoms with Crippen molar-refractivity contribution in [2.75, 3.05) is 0 Å². The summed E-state index contributed by atoms with van der Waals surface area (Å²) in [6.45, 7) is 0. The topological polar surface area (TPSA) is 32.3 Å². The summed E-state index contributed by atoms with van der Waals surface area (Å²) < 4.78 is 0. The summed E-state index contributed by atoms with van der Waals surface area (Å²) in [6, 6.07) is 1.42. The molecular formula is C12H21NO. The van der Waals surface area contributed by atoms with Gasteiger partial charge in [-0.1, -0.05) is 0 Å². The molecule has 0 aromatic heterocycles. The van der Waals surface area contributed by atoms with Crippen molar-refractivity contribution in [2.45, 2.75) is 63.1 Å². The highest BCUT2D eigenvalue weighted by atomic mass is 16.3. The van der Waals surface area contributed by atoms with Crippen molar-refractivity contribution in [3.05, 3.63) is 0 Å². The van der Waals surface area contributed by atoms with Crippen LogP contribution < -0.4 is 5.32 Å². The minimum absolute atomic E-state index is 0.0300. The quantitative estimate of drug-likeness (QED) is 0.702. The van der Waals surface area contributed by atoms with Gasteiger partial charge in [0, 0.05) is 12.1 Å². The zero-order chi connectivity index (χ0) is 9.54. The van der Waals surface area contributed by atoms with E-state index in [4.69, 9.17) is 0 Å². The van der Waals surface area contributed by atoms with Crippen LogP contribution in [-0.2, 0) is 0 Å². The molecule has 0 heterocycles. The fourth-order valence-corrected chi connectivity index (χ4v) is 3.53. The van der Waals surface area contributed by atoms with Crippen molar-refractivity contribution in [1.82, 2.24) is 5.32 Å². The van der Waals surface area contributed by atoms with E-state index in [1.54, 1.807) is 0 Å². The first-order valence-electron chi connectivity index (χ1n) is 6.27. The molecule has 0 amide bonds. The lowest BCUT2D eigenvalue weighted by Gasteiger charge is -2.30. The summed E-state index contributed by atoms with van der Waals surface area (Å²) >= 11 is 0. The fraction of sp³-hybridized carbons (Fsp3) is 1.00. The van der Waals surface area contributed by atoms with Gasteiger partial charge in [0.2, 0.25) is 0 Å². The third-order valence-electron chi connectivity index (χ3n) is 4.44. The van der Waals surface area contributed by atoms with Crippen LogP contribution in [0, 0.1) is 11.8 Å². The Morgan fingerprint density at radius 2 is 1.93 bits per heavy atom. The van der Waals surface area contributed by atoms with Crippen molar-refractivity contribution < 1.29 is 5.11 Å². The SMILES string of the molecule is OC1CCCC(NC2CCC3CC32)C1. The molecule has 0 saturated heterocycles. The van der Waals surface area contributed by atoms with Gasteiger partial charge in [0.25, 0.3) is 0 Å². The molecule has 14 heavy (non-hydrogen) atoms. The maximum absolute atomic E-state index is 9.59. The Bertz CT molecular complexity index is 218. The molecule has 0 aliphatic heterocycles. The lowest BCUT2D eigenvalue weighted by atomic mass is 9.92. The summed E-state index contributed by atoms with van der Waals surface area (Å²) in [5.41, 5.74) is 0. The van der Waals surface area contributed by atoms with E-state index < -0.39 is 0 Å². The monoisotopic (exact) mass is 195 g/mol. The molecule has 2 nitrogen and oxygen atoms in total. The van der Waals surface area contributed by atoms with Crippen LogP contribution >= 0.6 is 0 Å². The Balaban J connectivity index is 1.51. The largest absolute Gasteiger partial charge is 0.393 e. The van der Waals surface area contributed by atoms with Gasteiger partial charge in [0.15, 0.2) is 0 Å². The third-order valence-corrected chi connectivity index (χ3v) is 4.44. The Morgan fingerprint density at radius 3 is 2.57 bits per heavy atom. The van der Waals surface area contributed by atoms with Crippen molar-refractivity contribution >= 4 is 0 Å². The average Bonchev–Trinajstić information content (AvgIpc) is 2.84. The fourth-order valence-electron chi connectivity index (χ4n) is 3.53. The molecule has 2 heteroatoms. The molecule has 0 spiro atoms. The molecule has 0 radical (unpaired) electrons. The highest BCUT2D eigenvalue weighted by Crippen LogP contribution is 2.52. The van der Waals surface area contributed by atoms with Gasteiger partial charge in [0.1, 0.15) is 0 Å². The Morgan fingerprint density at radius 1 is 1.00 bits per heavy atom. The van der Waals surface area contributed by atoms with Gasteiger partial charge in [-0.15, -0.1) is 0 Å². The second kappa shape index (κ2) is 3.49. The predicted octanol–water partition coefficient (Wildman–Crippen LogP) is 1.68. The Labute approximate surface area is 86.1 Å². The second-order valence-corrected chi connectivity index (χ2v) is 5.53. The molecule has 0 aromatic rings. The van der Waals surface area contributed by atoms with E-state index in [1.165, 1.54) is 32.1 Å². The van der Waals surface area contributed by atoms with Crippen LogP contribution in [0.25, 0.3) is 0 Å². The Kier molecular flexibility index (Phi) is 2.29. The van der Waals surface area contributed by atoms with E-state index >= 15 is 0 Å². The first kappa shape index (κ1) is 9.17. The predicted molar refractivity (Wildman–Crippen MR) is 56.0 cm³/mol. The molecular weight excluding hydrogens is 174 g/mol. The molecule has 0 aromatic carbocycles. The van der Waals surface area contributed by atoms with E-state index in [0.29, 0.717) is 6.04 Å². The standard InChI is InChI=1S/C12H21NO/c14-10-3-1-2-9(7-10)13-12-5-4-8-6-11(8)12/h8-14H,1-7H2. The summed E-state index contributed by atoms with van der Waals surface area (Å²) in [5.74, 6) is 2.08. The van der Waals surface area contributed by atoms with Crippen LogP contribution in [0.1, 0.15) is 44.9 Å². The minimum Gasteiger partial charge on any atom is -0.393 e. The molecule has 2 N–H and O–H groups in total. The number of rotatable bonds is 2. The Hall–Kier alpha value is -0.0800. The lowest BCUT2D eigenvalue weighted by molar-refractivity contribution is 0.108. The van der Waals surface area contributed by atoms with Gasteiger partial charge in [-0.3, -0.25) is 0 Å². The summed E-state index contributed by atoms with van der Waals surface area (Å²) in [5, 5.41) is 13.4. The van der Waals surface area contributed by atoms with Crippen molar-refractivity contribution in [3.8, 4) is 0 Å². The molecule has 3 saturated carbocycles. The van der Waals surface area contributed by atoms with Crippen molar-refractivity contribution in [1.29, 1.82) is 0 Å². The minimum atomic E-state index is -0.0300. The van der Waals surface area contributed by atoms with Gasteiger partial charge >= 0.3 is 0 Å². The average molecular weight is 195 g/mol. The number of nitrogens with one attached hydrogen (secondary N) is 1. The molecule has 5 unspecified atom stereocenters. The molecule has 3 aliphatic rings. The molecule has 3 fully saturated rings. The normalized spacial score (nSPS) is 51.6. The number of hydrogen-bond acceptors (Lipinski definition) is 2. The summed E-state index contributed by atoms with van der Waals surface area (Å²) in [7, 11) is 0. The number of aliphatic hydroxyl groups is 1. The van der Waals surface area contributed by atoms with Crippen LogP contribution in [0.2, 0.25) is 0 Å². The van der Waals surface area contributed by atoms with E-state index in [0.717, 1.165) is 30.7 Å². The highest BCUT2D eigenvalue weighted by molar-refractivity contribution is 5.02. The van der Waals surface area contributed by atoms with Gasteiger partial charge in [-0.2, -0.15) is 0 Å². The molecule has 3 aliphatic carbocycles. The van der Waals surface area contributed by atoms with Crippen molar-refractivity contribution in [3.63, 3.8) is 0 Å². The maximum atomic E-state index is 9.59. The molecule has 80 valence electrons. The second-order valence-electron chi connectivity index (χ2n) is 5.53. The molecule has 5 atom stereocenters. The van der Waals surface area contributed by atoms with Gasteiger partial charge in [-0.05, 0) is 56.8 Å². The first-order valence-corrected chi connectivity index (χ1v) is 6.27. The van der Waals surface area contributed by atoms with Gasteiger partial charge in [-0.25, -0.2) is 0 Å². The zero-order valence-corrected chi connectivity index (χ0v) is 8.78. The molecule has 3 rings (SSSR count).